The molecule has 0 rings (SSSR count). The van der Waals surface area contributed by atoms with Gasteiger partial charge in [0.25, 0.3) is 0 Å². The van der Waals surface area contributed by atoms with Crippen LogP contribution in [0.25, 0.3) is 0 Å². The van der Waals surface area contributed by atoms with Crippen molar-refractivity contribution in [1.29, 1.82) is 0 Å². The Morgan fingerprint density at radius 2 is 1.45 bits per heavy atom. The fraction of sp³-hybridized carbons (Fsp3) is 0.846. The fourth-order valence-electron chi connectivity index (χ4n) is 2.08. The van der Waals surface area contributed by atoms with Gasteiger partial charge in [-0.2, -0.15) is 0 Å². The zero-order chi connectivity index (χ0) is 16.0. The quantitative estimate of drug-likeness (QED) is 0.286. The van der Waals surface area contributed by atoms with E-state index < -0.39 is 31.5 Å². The molecule has 20 heavy (non-hydrogen) atoms. The molecule has 0 aliphatic heterocycles. The van der Waals surface area contributed by atoms with Gasteiger partial charge in [-0.05, 0) is 64.4 Å². The molecule has 0 saturated heterocycles. The molecule has 0 aromatic heterocycles. The van der Waals surface area contributed by atoms with Crippen molar-refractivity contribution in [3.05, 3.63) is 12.7 Å². The van der Waals surface area contributed by atoms with Gasteiger partial charge in [0.15, 0.2) is 22.9 Å². The maximum Gasteiger partial charge on any atom is 0.314 e. The van der Waals surface area contributed by atoms with E-state index in [0.29, 0.717) is 6.61 Å². The van der Waals surface area contributed by atoms with Crippen LogP contribution < -0.4 is 0 Å². The molecule has 120 valence electrons. The molecule has 0 spiro atoms. The van der Waals surface area contributed by atoms with E-state index in [2.05, 4.69) is 52.4 Å². The van der Waals surface area contributed by atoms with Gasteiger partial charge >= 0.3 is 8.56 Å². The number of aliphatic hydroxyl groups excluding tert-OH is 1. The van der Waals surface area contributed by atoms with Crippen molar-refractivity contribution in [2.24, 2.45) is 0 Å². The zero-order valence-corrected chi connectivity index (χ0v) is 17.2. The second kappa shape index (κ2) is 8.02. The number of aliphatic hydroxyl groups is 1. The molecule has 1 atom stereocenters. The first kappa shape index (κ1) is 20.2. The second-order valence-corrected chi connectivity index (χ2v) is 20.0. The van der Waals surface area contributed by atoms with E-state index in [9.17, 15) is 5.11 Å². The molecule has 0 amide bonds. The van der Waals surface area contributed by atoms with Crippen molar-refractivity contribution in [1.82, 2.24) is 0 Å². The Hall–Kier alpha value is 0.231. The number of ether oxygens (including phenoxy) is 1. The average Bonchev–Trinajstić information content (AvgIpc) is 2.18. The highest BCUT2D eigenvalue weighted by atomic mass is 28.5. The van der Waals surface area contributed by atoms with Gasteiger partial charge in [0.05, 0.1) is 0 Å². The molecule has 0 heterocycles. The summed E-state index contributed by atoms with van der Waals surface area (Å²) < 4.78 is 18.0. The van der Waals surface area contributed by atoms with E-state index in [1.807, 2.05) is 0 Å². The van der Waals surface area contributed by atoms with Crippen molar-refractivity contribution in [2.75, 3.05) is 6.61 Å². The molecule has 0 fully saturated rings. The summed E-state index contributed by atoms with van der Waals surface area (Å²) in [6.07, 6.45) is 1.34. The van der Waals surface area contributed by atoms with Gasteiger partial charge in [0, 0.05) is 6.61 Å². The van der Waals surface area contributed by atoms with Crippen LogP contribution in [-0.4, -0.2) is 43.2 Å². The zero-order valence-electron chi connectivity index (χ0n) is 14.2. The van der Waals surface area contributed by atoms with E-state index in [0.717, 1.165) is 12.5 Å². The molecule has 0 aromatic carbocycles. The van der Waals surface area contributed by atoms with Gasteiger partial charge in [-0.25, -0.2) is 0 Å². The maximum atomic E-state index is 9.28. The van der Waals surface area contributed by atoms with Crippen molar-refractivity contribution in [3.8, 4) is 0 Å². The monoisotopic (exact) mass is 336 g/mol. The van der Waals surface area contributed by atoms with Gasteiger partial charge < -0.3 is 18.1 Å². The lowest BCUT2D eigenvalue weighted by molar-refractivity contribution is -0.0637. The summed E-state index contributed by atoms with van der Waals surface area (Å²) in [5.74, 6) is 0. The van der Waals surface area contributed by atoms with E-state index in [1.165, 1.54) is 6.08 Å². The minimum Gasteiger partial charge on any atom is -0.437 e. The third kappa shape index (κ3) is 11.0. The summed E-state index contributed by atoms with van der Waals surface area (Å²) in [6.45, 7) is 19.3. The molecule has 1 unspecified atom stereocenters. The highest BCUT2D eigenvalue weighted by Crippen LogP contribution is 2.25. The van der Waals surface area contributed by atoms with E-state index in [4.69, 9.17) is 13.0 Å². The third-order valence-electron chi connectivity index (χ3n) is 2.31. The van der Waals surface area contributed by atoms with Crippen molar-refractivity contribution >= 4 is 25.2 Å². The average molecular weight is 337 g/mol. The molecule has 0 aliphatic carbocycles. The maximum absolute atomic E-state index is 9.28. The summed E-state index contributed by atoms with van der Waals surface area (Å²) in [5, 5.41) is 9.28. The van der Waals surface area contributed by atoms with Crippen molar-refractivity contribution < 1.29 is 18.1 Å². The Morgan fingerprint density at radius 3 is 1.80 bits per heavy atom. The van der Waals surface area contributed by atoms with Crippen LogP contribution in [0.5, 0.6) is 0 Å². The van der Waals surface area contributed by atoms with Crippen molar-refractivity contribution in [3.63, 3.8) is 0 Å². The molecule has 0 aliphatic rings. The topological polar surface area (TPSA) is 47.9 Å². The molecule has 0 radical (unpaired) electrons. The van der Waals surface area contributed by atoms with Crippen molar-refractivity contribution in [2.45, 2.75) is 64.6 Å². The van der Waals surface area contributed by atoms with Crippen LogP contribution in [0.1, 0.15) is 6.42 Å². The summed E-state index contributed by atoms with van der Waals surface area (Å²) in [7, 11) is -5.42. The lowest BCUT2D eigenvalue weighted by Gasteiger charge is -2.38. The summed E-state index contributed by atoms with van der Waals surface area (Å²) in [4.78, 5) is 0. The number of hydrogen-bond donors (Lipinski definition) is 1. The Bertz CT molecular complexity index is 281. The van der Waals surface area contributed by atoms with Gasteiger partial charge in [-0.1, -0.05) is 6.58 Å². The Morgan fingerprint density at radius 1 is 1.00 bits per heavy atom. The normalized spacial score (nSPS) is 15.2. The van der Waals surface area contributed by atoms with Crippen LogP contribution in [0, 0.1) is 0 Å². The molecule has 7 heteroatoms. The largest absolute Gasteiger partial charge is 0.437 e. The molecule has 0 bridgehead atoms. The second-order valence-electron chi connectivity index (χ2n) is 7.16. The Balaban J connectivity index is 4.50. The predicted molar refractivity (Wildman–Crippen MR) is 92.1 cm³/mol. The van der Waals surface area contributed by atoms with Crippen LogP contribution in [0.15, 0.2) is 12.7 Å². The summed E-state index contributed by atoms with van der Waals surface area (Å²) in [6, 6.07) is 0.894. The molecule has 0 aromatic rings. The number of rotatable bonds is 10. The first-order valence-corrected chi connectivity index (χ1v) is 16.5. The lowest BCUT2D eigenvalue weighted by Crippen LogP contribution is -2.52. The van der Waals surface area contributed by atoms with Crippen LogP contribution in [0.2, 0.25) is 51.9 Å². The molecule has 1 N–H and O–H groups in total. The van der Waals surface area contributed by atoms with Crippen LogP contribution in [0.4, 0.5) is 0 Å². The van der Waals surface area contributed by atoms with Crippen LogP contribution >= 0.6 is 0 Å². The van der Waals surface area contributed by atoms with Gasteiger partial charge in [0.2, 0.25) is 0 Å². The SMILES string of the molecule is C=CC(O)OCCC[Si](C)(O[Si](C)(C)C)O[Si](C)(C)C. The molecular formula is C13H32O4Si3. The van der Waals surface area contributed by atoms with E-state index in [-0.39, 0.29) is 0 Å². The third-order valence-corrected chi connectivity index (χ3v) is 11.9. The van der Waals surface area contributed by atoms with Gasteiger partial charge in [0.1, 0.15) is 0 Å². The van der Waals surface area contributed by atoms with E-state index >= 15 is 0 Å². The number of hydrogen-bond acceptors (Lipinski definition) is 4. The Labute approximate surface area is 127 Å². The first-order chi connectivity index (χ1) is 8.87. The standard InChI is InChI=1S/C13H32O4Si3/c1-9-13(14)15-11-10-12-20(8,16-18(2,3)4)17-19(5,6)7/h9,13-14H,1,10-12H2,2-8H3. The highest BCUT2D eigenvalue weighted by molar-refractivity contribution is 6.87. The van der Waals surface area contributed by atoms with Gasteiger partial charge in [-0.15, -0.1) is 0 Å². The molecule has 4 nitrogen and oxygen atoms in total. The van der Waals surface area contributed by atoms with E-state index in [1.54, 1.807) is 0 Å². The minimum absolute atomic E-state index is 0.500. The molecular weight excluding hydrogens is 304 g/mol. The predicted octanol–water partition coefficient (Wildman–Crippen LogP) is 3.67. The van der Waals surface area contributed by atoms with Crippen LogP contribution in [0.3, 0.4) is 0 Å². The smallest absolute Gasteiger partial charge is 0.314 e. The fourth-order valence-corrected chi connectivity index (χ4v) is 14.6. The summed E-state index contributed by atoms with van der Waals surface area (Å²) >= 11 is 0. The first-order valence-electron chi connectivity index (χ1n) is 7.19. The highest BCUT2D eigenvalue weighted by Gasteiger charge is 2.39. The van der Waals surface area contributed by atoms with Gasteiger partial charge in [-0.3, -0.25) is 0 Å². The lowest BCUT2D eigenvalue weighted by atomic mass is 10.5. The summed E-state index contributed by atoms with van der Waals surface area (Å²) in [5.41, 5.74) is 0. The van der Waals surface area contributed by atoms with Crippen LogP contribution in [-0.2, 0) is 13.0 Å². The Kier molecular flexibility index (Phi) is 8.11. The molecule has 0 saturated carbocycles. The minimum atomic E-state index is -2.17.